The van der Waals surface area contributed by atoms with E-state index in [2.05, 4.69) is 156 Å². The van der Waals surface area contributed by atoms with Crippen LogP contribution in [0.1, 0.15) is 0 Å². The molecule has 0 fully saturated rings. The second-order valence-corrected chi connectivity index (χ2v) is 15.4. The smallest absolute Gasteiger partial charge is 0.164 e. The average molecular weight is 747 g/mol. The summed E-state index contributed by atoms with van der Waals surface area (Å²) >= 11 is 1.80. The molecule has 57 heavy (non-hydrogen) atoms. The van der Waals surface area contributed by atoms with E-state index in [-0.39, 0.29) is 0 Å². The molecule has 0 atom stereocenters. The second kappa shape index (κ2) is 12.6. The third-order valence-corrected chi connectivity index (χ3v) is 12.2. The Labute approximate surface area is 330 Å². The molecule has 5 nitrogen and oxygen atoms in total. The van der Waals surface area contributed by atoms with Crippen LogP contribution in [0, 0.1) is 0 Å². The van der Waals surface area contributed by atoms with Gasteiger partial charge in [0.1, 0.15) is 11.2 Å². The van der Waals surface area contributed by atoms with E-state index in [0.29, 0.717) is 17.5 Å². The van der Waals surface area contributed by atoms with Gasteiger partial charge in [-0.25, -0.2) is 15.0 Å². The van der Waals surface area contributed by atoms with Gasteiger partial charge in [-0.15, -0.1) is 11.3 Å². The molecule has 4 heterocycles. The van der Waals surface area contributed by atoms with Crippen LogP contribution in [0.25, 0.3) is 115 Å². The summed E-state index contributed by atoms with van der Waals surface area (Å²) in [6.07, 6.45) is 0. The van der Waals surface area contributed by atoms with E-state index in [1.807, 2.05) is 30.3 Å². The van der Waals surface area contributed by atoms with E-state index in [1.165, 1.54) is 36.7 Å². The zero-order valence-electron chi connectivity index (χ0n) is 30.4. The highest BCUT2D eigenvalue weighted by molar-refractivity contribution is 7.26. The van der Waals surface area contributed by atoms with E-state index in [9.17, 15) is 0 Å². The van der Waals surface area contributed by atoms with Crippen LogP contribution < -0.4 is 0 Å². The Bertz CT molecular complexity index is 3470. The van der Waals surface area contributed by atoms with Gasteiger partial charge in [0.05, 0.1) is 22.1 Å². The summed E-state index contributed by atoms with van der Waals surface area (Å²) < 4.78 is 11.4. The Balaban J connectivity index is 1.04. The lowest BCUT2D eigenvalue weighted by atomic mass is 10.0. The van der Waals surface area contributed by atoms with Crippen molar-refractivity contribution < 1.29 is 4.42 Å². The van der Waals surface area contributed by atoms with Gasteiger partial charge in [-0.05, 0) is 59.7 Å². The number of hydrogen-bond donors (Lipinski definition) is 0. The molecule has 0 amide bonds. The molecule has 0 spiro atoms. The van der Waals surface area contributed by atoms with Crippen molar-refractivity contribution in [3.8, 4) is 51.0 Å². The summed E-state index contributed by atoms with van der Waals surface area (Å²) in [5.41, 5.74) is 10.2. The Hall–Kier alpha value is -7.41. The summed E-state index contributed by atoms with van der Waals surface area (Å²) in [5, 5.41) is 6.90. The largest absolute Gasteiger partial charge is 0.456 e. The summed E-state index contributed by atoms with van der Waals surface area (Å²) in [6, 6.07) is 63.7. The molecule has 0 aliphatic carbocycles. The molecule has 0 aliphatic heterocycles. The molecule has 4 aromatic heterocycles. The van der Waals surface area contributed by atoms with Crippen molar-refractivity contribution in [1.29, 1.82) is 0 Å². The number of aromatic nitrogens is 4. The molecule has 0 radical (unpaired) electrons. The number of hydrogen-bond acceptors (Lipinski definition) is 5. The van der Waals surface area contributed by atoms with Gasteiger partial charge in [0, 0.05) is 53.0 Å². The maximum Gasteiger partial charge on any atom is 0.164 e. The summed E-state index contributed by atoms with van der Waals surface area (Å²) in [4.78, 5) is 15.5. The summed E-state index contributed by atoms with van der Waals surface area (Å²) in [6.45, 7) is 0. The Morgan fingerprint density at radius 1 is 0.386 bits per heavy atom. The first-order chi connectivity index (χ1) is 28.2. The molecule has 0 N–H and O–H groups in total. The van der Waals surface area contributed by atoms with Gasteiger partial charge in [-0.2, -0.15) is 0 Å². The van der Waals surface area contributed by atoms with Crippen LogP contribution in [0.2, 0.25) is 0 Å². The van der Waals surface area contributed by atoms with Gasteiger partial charge in [-0.1, -0.05) is 133 Å². The fraction of sp³-hybridized carbons (Fsp3) is 0. The first kappa shape index (κ1) is 31.9. The van der Waals surface area contributed by atoms with Crippen LogP contribution in [-0.4, -0.2) is 19.5 Å². The number of para-hydroxylation sites is 2. The van der Waals surface area contributed by atoms with Crippen LogP contribution in [0.5, 0.6) is 0 Å². The highest BCUT2D eigenvalue weighted by Crippen LogP contribution is 2.43. The van der Waals surface area contributed by atoms with E-state index in [4.69, 9.17) is 19.4 Å². The zero-order valence-corrected chi connectivity index (χ0v) is 31.2. The van der Waals surface area contributed by atoms with Gasteiger partial charge in [0.2, 0.25) is 0 Å². The minimum Gasteiger partial charge on any atom is -0.456 e. The van der Waals surface area contributed by atoms with Crippen LogP contribution in [0.15, 0.2) is 186 Å². The number of fused-ring (bicyclic) bond motifs is 9. The van der Waals surface area contributed by atoms with Crippen molar-refractivity contribution in [1.82, 2.24) is 19.5 Å². The molecule has 0 aliphatic rings. The topological polar surface area (TPSA) is 56.7 Å². The predicted octanol–water partition coefficient (Wildman–Crippen LogP) is 13.9. The molecule has 0 saturated heterocycles. The van der Waals surface area contributed by atoms with Crippen molar-refractivity contribution >= 4 is 75.3 Å². The monoisotopic (exact) mass is 746 g/mol. The predicted molar refractivity (Wildman–Crippen MR) is 236 cm³/mol. The molecule has 0 saturated carbocycles. The van der Waals surface area contributed by atoms with Crippen LogP contribution in [0.4, 0.5) is 0 Å². The lowest BCUT2D eigenvalue weighted by Gasteiger charge is -2.10. The van der Waals surface area contributed by atoms with Crippen molar-refractivity contribution in [2.45, 2.75) is 0 Å². The second-order valence-electron chi connectivity index (χ2n) is 14.4. The quantitative estimate of drug-likeness (QED) is 0.176. The maximum atomic E-state index is 6.66. The molecule has 12 aromatic rings. The Morgan fingerprint density at radius 3 is 1.79 bits per heavy atom. The third kappa shape index (κ3) is 5.04. The molecular formula is C51H30N4OS. The normalized spacial score (nSPS) is 11.9. The van der Waals surface area contributed by atoms with Crippen LogP contribution in [-0.2, 0) is 0 Å². The van der Waals surface area contributed by atoms with E-state index in [0.717, 1.165) is 60.7 Å². The highest BCUT2D eigenvalue weighted by atomic mass is 32.1. The molecule has 8 aromatic carbocycles. The van der Waals surface area contributed by atoms with Gasteiger partial charge in [0.25, 0.3) is 0 Å². The Kier molecular flexibility index (Phi) is 7.03. The number of nitrogens with zero attached hydrogens (tertiary/aromatic N) is 4. The first-order valence-corrected chi connectivity index (χ1v) is 19.8. The third-order valence-electron chi connectivity index (χ3n) is 11.1. The molecule has 12 rings (SSSR count). The van der Waals surface area contributed by atoms with E-state index < -0.39 is 0 Å². The van der Waals surface area contributed by atoms with Gasteiger partial charge in [0.15, 0.2) is 17.5 Å². The maximum absolute atomic E-state index is 6.66. The minimum atomic E-state index is 0.590. The highest BCUT2D eigenvalue weighted by Gasteiger charge is 2.20. The van der Waals surface area contributed by atoms with Gasteiger partial charge >= 0.3 is 0 Å². The lowest BCUT2D eigenvalue weighted by molar-refractivity contribution is 0.669. The molecule has 0 unspecified atom stereocenters. The van der Waals surface area contributed by atoms with Crippen molar-refractivity contribution in [3.63, 3.8) is 0 Å². The standard InChI is InChI=1S/C51H30N4OS/c1-3-13-31(14-4-1)33-25-28-38-46(30-33)57-45-24-11-19-39(47(38)45)51-53-49(32-15-5-2-6-16-32)52-50(54-51)34-26-27-37-44(29-34)56-43-23-12-22-42(48(37)43)55-40-20-9-7-17-35(40)36-18-8-10-21-41(36)55/h1-30H. The molecule has 0 bridgehead atoms. The minimum absolute atomic E-state index is 0.590. The first-order valence-electron chi connectivity index (χ1n) is 19.0. The van der Waals surface area contributed by atoms with E-state index >= 15 is 0 Å². The van der Waals surface area contributed by atoms with Gasteiger partial charge in [-0.3, -0.25) is 0 Å². The van der Waals surface area contributed by atoms with E-state index in [1.54, 1.807) is 11.3 Å². The van der Waals surface area contributed by atoms with Crippen molar-refractivity contribution in [2.24, 2.45) is 0 Å². The number of thiophene rings is 1. The summed E-state index contributed by atoms with van der Waals surface area (Å²) in [7, 11) is 0. The van der Waals surface area contributed by atoms with Crippen molar-refractivity contribution in [3.05, 3.63) is 182 Å². The number of benzene rings is 8. The van der Waals surface area contributed by atoms with Crippen LogP contribution in [0.3, 0.4) is 0 Å². The molecule has 266 valence electrons. The average Bonchev–Trinajstić information content (AvgIpc) is 3.96. The summed E-state index contributed by atoms with van der Waals surface area (Å²) in [5.74, 6) is 1.85. The Morgan fingerprint density at radius 2 is 1.02 bits per heavy atom. The van der Waals surface area contributed by atoms with Crippen LogP contribution >= 0.6 is 11.3 Å². The SMILES string of the molecule is c1ccc(-c2ccc3c(c2)sc2cccc(-c4nc(-c5ccccc5)nc(-c5ccc6c(c5)oc5cccc(-n7c8ccccc8c8ccccc87)c56)n4)c23)cc1. The molecular weight excluding hydrogens is 717 g/mol. The fourth-order valence-electron chi connectivity index (χ4n) is 8.48. The van der Waals surface area contributed by atoms with Crippen molar-refractivity contribution in [2.75, 3.05) is 0 Å². The molecule has 6 heteroatoms. The number of rotatable bonds is 5. The zero-order chi connectivity index (χ0) is 37.5. The fourth-order valence-corrected chi connectivity index (χ4v) is 9.65. The van der Waals surface area contributed by atoms with Gasteiger partial charge < -0.3 is 8.98 Å². The lowest BCUT2D eigenvalue weighted by Crippen LogP contribution is -2.00. The number of furan rings is 1.